The standard InChI is InChI=1S/C12H16F2N2O2/c1-8(2)18-7-3-5-16-12(17)9-4-6-15-11(14)10(9)13/h4,6,8H,3,5,7H2,1-2H3,(H,16,17). The minimum Gasteiger partial charge on any atom is -0.379 e. The van der Waals surface area contributed by atoms with Gasteiger partial charge in [0.2, 0.25) is 5.95 Å². The Morgan fingerprint density at radius 3 is 2.89 bits per heavy atom. The Balaban J connectivity index is 2.39. The summed E-state index contributed by atoms with van der Waals surface area (Å²) in [5, 5.41) is 2.49. The van der Waals surface area contributed by atoms with Crippen LogP contribution in [0.5, 0.6) is 0 Å². The van der Waals surface area contributed by atoms with Gasteiger partial charge >= 0.3 is 0 Å². The van der Waals surface area contributed by atoms with E-state index in [1.165, 1.54) is 0 Å². The van der Waals surface area contributed by atoms with Gasteiger partial charge in [-0.25, -0.2) is 9.37 Å². The highest BCUT2D eigenvalue weighted by Gasteiger charge is 2.15. The largest absolute Gasteiger partial charge is 0.379 e. The van der Waals surface area contributed by atoms with Gasteiger partial charge in [0.1, 0.15) is 0 Å². The number of pyridine rings is 1. The molecule has 18 heavy (non-hydrogen) atoms. The van der Waals surface area contributed by atoms with Crippen molar-refractivity contribution in [2.24, 2.45) is 0 Å². The van der Waals surface area contributed by atoms with Crippen molar-refractivity contribution in [3.8, 4) is 0 Å². The van der Waals surface area contributed by atoms with Crippen molar-refractivity contribution < 1.29 is 18.3 Å². The molecule has 0 saturated heterocycles. The number of nitrogens with one attached hydrogen (secondary N) is 1. The van der Waals surface area contributed by atoms with E-state index in [9.17, 15) is 13.6 Å². The molecule has 1 aromatic heterocycles. The van der Waals surface area contributed by atoms with Crippen LogP contribution in [0.4, 0.5) is 8.78 Å². The maximum absolute atomic E-state index is 13.2. The normalized spacial score (nSPS) is 10.7. The molecule has 1 N–H and O–H groups in total. The molecule has 1 heterocycles. The number of hydrogen-bond acceptors (Lipinski definition) is 3. The van der Waals surface area contributed by atoms with Crippen LogP contribution < -0.4 is 5.32 Å². The van der Waals surface area contributed by atoms with Crippen LogP contribution in [0.25, 0.3) is 0 Å². The van der Waals surface area contributed by atoms with Gasteiger partial charge in [-0.15, -0.1) is 0 Å². The molecule has 100 valence electrons. The fraction of sp³-hybridized carbons (Fsp3) is 0.500. The first-order valence-electron chi connectivity index (χ1n) is 5.72. The second-order valence-electron chi connectivity index (χ2n) is 3.99. The molecule has 6 heteroatoms. The van der Waals surface area contributed by atoms with Crippen LogP contribution in [0.3, 0.4) is 0 Å². The Morgan fingerprint density at radius 2 is 2.22 bits per heavy atom. The fourth-order valence-corrected chi connectivity index (χ4v) is 1.28. The number of nitrogens with zero attached hydrogens (tertiary/aromatic N) is 1. The Labute approximate surface area is 104 Å². The first kappa shape index (κ1) is 14.5. The molecular weight excluding hydrogens is 242 g/mol. The van der Waals surface area contributed by atoms with Gasteiger partial charge in [0.05, 0.1) is 11.7 Å². The minimum absolute atomic E-state index is 0.132. The molecule has 0 bridgehead atoms. The average Bonchev–Trinajstić information content (AvgIpc) is 2.31. The van der Waals surface area contributed by atoms with Crippen LogP contribution in [-0.4, -0.2) is 30.1 Å². The van der Waals surface area contributed by atoms with Crippen LogP contribution in [-0.2, 0) is 4.74 Å². The van der Waals surface area contributed by atoms with E-state index in [-0.39, 0.29) is 11.7 Å². The van der Waals surface area contributed by atoms with E-state index in [1.54, 1.807) is 0 Å². The van der Waals surface area contributed by atoms with Crippen molar-refractivity contribution in [2.75, 3.05) is 13.2 Å². The van der Waals surface area contributed by atoms with Crippen molar-refractivity contribution in [3.63, 3.8) is 0 Å². The predicted octanol–water partition coefficient (Wildman–Crippen LogP) is 1.90. The van der Waals surface area contributed by atoms with Gasteiger partial charge in [0.25, 0.3) is 5.91 Å². The number of rotatable bonds is 6. The molecule has 0 aliphatic carbocycles. The smallest absolute Gasteiger partial charge is 0.254 e. The SMILES string of the molecule is CC(C)OCCCNC(=O)c1ccnc(F)c1F. The minimum atomic E-state index is -1.27. The van der Waals surface area contributed by atoms with Gasteiger partial charge in [0, 0.05) is 19.3 Å². The lowest BCUT2D eigenvalue weighted by molar-refractivity contribution is 0.0756. The Hall–Kier alpha value is -1.56. The number of aromatic nitrogens is 1. The van der Waals surface area contributed by atoms with E-state index in [1.807, 2.05) is 13.8 Å². The van der Waals surface area contributed by atoms with Crippen molar-refractivity contribution in [1.82, 2.24) is 10.3 Å². The van der Waals surface area contributed by atoms with E-state index in [4.69, 9.17) is 4.74 Å². The summed E-state index contributed by atoms with van der Waals surface area (Å²) in [6, 6.07) is 1.14. The second-order valence-corrected chi connectivity index (χ2v) is 3.99. The number of hydrogen-bond donors (Lipinski definition) is 1. The van der Waals surface area contributed by atoms with Gasteiger partial charge in [0.15, 0.2) is 5.82 Å². The molecule has 0 saturated carbocycles. The molecular formula is C12H16F2N2O2. The first-order chi connectivity index (χ1) is 8.52. The molecule has 0 fully saturated rings. The third kappa shape index (κ3) is 4.37. The van der Waals surface area contributed by atoms with Crippen LogP contribution >= 0.6 is 0 Å². The zero-order valence-electron chi connectivity index (χ0n) is 10.4. The number of halogens is 2. The molecule has 0 aliphatic heterocycles. The molecule has 0 radical (unpaired) electrons. The monoisotopic (exact) mass is 258 g/mol. The van der Waals surface area contributed by atoms with Gasteiger partial charge in [-0.2, -0.15) is 4.39 Å². The Kier molecular flexibility index (Phi) is 5.64. The van der Waals surface area contributed by atoms with Crippen LogP contribution in [0, 0.1) is 11.8 Å². The number of ether oxygens (including phenoxy) is 1. The first-order valence-corrected chi connectivity index (χ1v) is 5.72. The Bertz CT molecular complexity index is 411. The highest BCUT2D eigenvalue weighted by atomic mass is 19.2. The summed E-state index contributed by atoms with van der Waals surface area (Å²) >= 11 is 0. The number of amides is 1. The molecule has 0 atom stereocenters. The van der Waals surface area contributed by atoms with Crippen molar-refractivity contribution in [3.05, 3.63) is 29.6 Å². The third-order valence-corrected chi connectivity index (χ3v) is 2.15. The lowest BCUT2D eigenvalue weighted by Gasteiger charge is -2.08. The lowest BCUT2D eigenvalue weighted by Crippen LogP contribution is -2.26. The van der Waals surface area contributed by atoms with Crippen LogP contribution in [0.1, 0.15) is 30.6 Å². The fourth-order valence-electron chi connectivity index (χ4n) is 1.28. The molecule has 0 unspecified atom stereocenters. The summed E-state index contributed by atoms with van der Waals surface area (Å²) < 4.78 is 31.3. The molecule has 0 aliphatic rings. The summed E-state index contributed by atoms with van der Waals surface area (Å²) in [7, 11) is 0. The lowest BCUT2D eigenvalue weighted by atomic mass is 10.2. The topological polar surface area (TPSA) is 51.2 Å². The van der Waals surface area contributed by atoms with Crippen LogP contribution in [0.2, 0.25) is 0 Å². The number of carbonyl (C=O) groups excluding carboxylic acids is 1. The quantitative estimate of drug-likeness (QED) is 0.626. The van der Waals surface area contributed by atoms with E-state index in [2.05, 4.69) is 10.3 Å². The second kappa shape index (κ2) is 7.00. The number of carbonyl (C=O) groups is 1. The molecule has 1 amide bonds. The third-order valence-electron chi connectivity index (χ3n) is 2.15. The van der Waals surface area contributed by atoms with Gasteiger partial charge in [-0.1, -0.05) is 0 Å². The summed E-state index contributed by atoms with van der Waals surface area (Å²) in [4.78, 5) is 14.6. The van der Waals surface area contributed by atoms with Gasteiger partial charge in [-0.3, -0.25) is 4.79 Å². The molecule has 0 aromatic carbocycles. The van der Waals surface area contributed by atoms with E-state index < -0.39 is 17.7 Å². The predicted molar refractivity (Wildman–Crippen MR) is 62.2 cm³/mol. The van der Waals surface area contributed by atoms with Crippen molar-refractivity contribution in [1.29, 1.82) is 0 Å². The van der Waals surface area contributed by atoms with Crippen LogP contribution in [0.15, 0.2) is 12.3 Å². The maximum Gasteiger partial charge on any atom is 0.254 e. The molecule has 0 spiro atoms. The highest BCUT2D eigenvalue weighted by Crippen LogP contribution is 2.08. The zero-order valence-corrected chi connectivity index (χ0v) is 10.4. The molecule has 4 nitrogen and oxygen atoms in total. The van der Waals surface area contributed by atoms with E-state index in [0.717, 1.165) is 12.3 Å². The highest BCUT2D eigenvalue weighted by molar-refractivity contribution is 5.94. The van der Waals surface area contributed by atoms with Gasteiger partial charge in [-0.05, 0) is 26.3 Å². The average molecular weight is 258 g/mol. The summed E-state index contributed by atoms with van der Waals surface area (Å²) in [6.45, 7) is 4.67. The van der Waals surface area contributed by atoms with E-state index >= 15 is 0 Å². The summed E-state index contributed by atoms with van der Waals surface area (Å²) in [5.41, 5.74) is -0.340. The van der Waals surface area contributed by atoms with Crippen molar-refractivity contribution >= 4 is 5.91 Å². The molecule has 1 aromatic rings. The van der Waals surface area contributed by atoms with E-state index in [0.29, 0.717) is 19.6 Å². The van der Waals surface area contributed by atoms with Gasteiger partial charge < -0.3 is 10.1 Å². The maximum atomic E-state index is 13.2. The summed E-state index contributed by atoms with van der Waals surface area (Å²) in [6.07, 6.45) is 1.79. The summed E-state index contributed by atoms with van der Waals surface area (Å²) in [5.74, 6) is -3.16. The zero-order chi connectivity index (χ0) is 13.5. The molecule has 1 rings (SSSR count). The Morgan fingerprint density at radius 1 is 1.50 bits per heavy atom. The van der Waals surface area contributed by atoms with Crippen molar-refractivity contribution in [2.45, 2.75) is 26.4 Å².